The summed E-state index contributed by atoms with van der Waals surface area (Å²) in [4.78, 5) is 28.0. The number of rotatable bonds is 8. The summed E-state index contributed by atoms with van der Waals surface area (Å²) in [6.45, 7) is 2.38. The fraction of sp³-hybridized carbons (Fsp3) is 0.261. The van der Waals surface area contributed by atoms with Gasteiger partial charge in [-0.05, 0) is 12.1 Å². The average molecular weight is 503 g/mol. The van der Waals surface area contributed by atoms with Crippen LogP contribution in [0.3, 0.4) is 0 Å². The number of benzene rings is 2. The zero-order valence-electron chi connectivity index (χ0n) is 17.3. The second kappa shape index (κ2) is 10.5. The smallest absolute Gasteiger partial charge is 0.0843 e. The van der Waals surface area contributed by atoms with Crippen molar-refractivity contribution >= 4 is 49.3 Å². The van der Waals surface area contributed by atoms with Crippen molar-refractivity contribution < 1.29 is 14.3 Å². The van der Waals surface area contributed by atoms with E-state index < -0.39 is 0 Å². The molecule has 1 amide bonds. The number of nitriles is 1. The topological polar surface area (TPSA) is 84.1 Å². The van der Waals surface area contributed by atoms with Crippen LogP contribution in [0.25, 0.3) is 10.9 Å². The second-order valence-corrected chi connectivity index (χ2v) is 9.20. The number of carbonyl (C=O) groups excluding carboxylic acids is 2. The fourth-order valence-electron chi connectivity index (χ4n) is 3.44. The molecule has 1 N–H and O–H groups in total. The van der Waals surface area contributed by atoms with Crippen LogP contribution in [0.2, 0.25) is 10.3 Å². The molecule has 0 aliphatic rings. The van der Waals surface area contributed by atoms with Gasteiger partial charge < -0.3 is 0 Å². The van der Waals surface area contributed by atoms with Gasteiger partial charge >= 0.3 is 164 Å². The minimum absolute atomic E-state index is 0.0344. The number of carbonyl (C=O) groups is 2. The first kappa shape index (κ1) is 22.9. The third kappa shape index (κ3) is 5.29. The first-order valence-corrected chi connectivity index (χ1v) is 12.2. The Labute approximate surface area is 192 Å². The number of halogens is 1. The Hall–Kier alpha value is -2.78. The van der Waals surface area contributed by atoms with Crippen LogP contribution in [0.15, 0.2) is 42.5 Å². The van der Waals surface area contributed by atoms with Gasteiger partial charge in [-0.15, -0.1) is 0 Å². The van der Waals surface area contributed by atoms with Gasteiger partial charge in [0.2, 0.25) is 0 Å². The Kier molecular flexibility index (Phi) is 7.75. The average Bonchev–Trinajstić information content (AvgIpc) is 3.04. The number of hydrogen-bond donors (Lipinski definition) is 1. The standard InChI is InChI=1S/C23H22ClN3O3Se/c1-15-19(13-22(28)26-10-3-11-31-14-25)20-12-18(30-2)8-9-21(20)27(15)23(29)16-4-6-17(24)7-5-16/h4-9,12H,3,10-11,13H2,1-2H3,(H,26,28). The van der Waals surface area contributed by atoms with E-state index in [1.54, 1.807) is 42.0 Å². The molecule has 0 aliphatic heterocycles. The summed E-state index contributed by atoms with van der Waals surface area (Å²) in [5, 5.41) is 13.7. The normalized spacial score (nSPS) is 10.6. The molecule has 1 aromatic heterocycles. The predicted octanol–water partition coefficient (Wildman–Crippen LogP) is 3.95. The third-order valence-corrected chi connectivity index (χ3v) is 6.54. The molecule has 0 saturated carbocycles. The van der Waals surface area contributed by atoms with Gasteiger partial charge in [0.05, 0.1) is 0 Å². The van der Waals surface area contributed by atoms with Gasteiger partial charge in [-0.1, -0.05) is 11.6 Å². The molecular formula is C23H22ClN3O3Se. The summed E-state index contributed by atoms with van der Waals surface area (Å²) in [6, 6.07) is 12.2. The number of nitrogens with zero attached hydrogens (tertiary/aromatic N) is 2. The summed E-state index contributed by atoms with van der Waals surface area (Å²) in [5.41, 5.74) is 2.73. The molecule has 0 spiro atoms. The molecule has 1 heterocycles. The molecule has 0 unspecified atom stereocenters. The van der Waals surface area contributed by atoms with Crippen molar-refractivity contribution in [1.82, 2.24) is 9.88 Å². The molecule has 0 atom stereocenters. The summed E-state index contributed by atoms with van der Waals surface area (Å²) >= 11 is 5.93. The number of ether oxygens (including phenoxy) is 1. The zero-order valence-corrected chi connectivity index (χ0v) is 19.7. The minimum atomic E-state index is -0.185. The Bertz CT molecular complexity index is 1150. The van der Waals surface area contributed by atoms with Crippen molar-refractivity contribution in [3.63, 3.8) is 0 Å². The predicted molar refractivity (Wildman–Crippen MR) is 122 cm³/mol. The Morgan fingerprint density at radius 1 is 1.23 bits per heavy atom. The molecule has 160 valence electrons. The third-order valence-electron chi connectivity index (χ3n) is 4.98. The summed E-state index contributed by atoms with van der Waals surface area (Å²) in [5.74, 6) is 0.354. The van der Waals surface area contributed by atoms with Crippen LogP contribution in [0.1, 0.15) is 28.0 Å². The van der Waals surface area contributed by atoms with E-state index in [1.807, 2.05) is 19.1 Å². The van der Waals surface area contributed by atoms with E-state index in [0.717, 1.165) is 28.2 Å². The van der Waals surface area contributed by atoms with E-state index in [0.29, 0.717) is 28.6 Å². The van der Waals surface area contributed by atoms with E-state index in [2.05, 4.69) is 10.3 Å². The van der Waals surface area contributed by atoms with Crippen LogP contribution in [0.5, 0.6) is 5.75 Å². The number of aromatic nitrogens is 1. The zero-order chi connectivity index (χ0) is 22.4. The van der Waals surface area contributed by atoms with E-state index in [-0.39, 0.29) is 33.2 Å². The summed E-state index contributed by atoms with van der Waals surface area (Å²) in [6.07, 6.45) is 0.933. The molecule has 2 aromatic carbocycles. The van der Waals surface area contributed by atoms with E-state index in [9.17, 15) is 9.59 Å². The van der Waals surface area contributed by atoms with Crippen LogP contribution < -0.4 is 10.1 Å². The van der Waals surface area contributed by atoms with Gasteiger partial charge in [0.25, 0.3) is 0 Å². The maximum absolute atomic E-state index is 13.3. The van der Waals surface area contributed by atoms with Crippen LogP contribution >= 0.6 is 11.6 Å². The molecule has 31 heavy (non-hydrogen) atoms. The molecular weight excluding hydrogens is 481 g/mol. The Morgan fingerprint density at radius 2 is 1.97 bits per heavy atom. The molecule has 0 fully saturated rings. The van der Waals surface area contributed by atoms with Gasteiger partial charge in [0, 0.05) is 5.02 Å². The number of amides is 1. The molecule has 0 bridgehead atoms. The van der Waals surface area contributed by atoms with Crippen molar-refractivity contribution in [1.29, 1.82) is 5.26 Å². The van der Waals surface area contributed by atoms with Gasteiger partial charge in [-0.2, -0.15) is 0 Å². The van der Waals surface area contributed by atoms with Gasteiger partial charge in [-0.25, -0.2) is 0 Å². The van der Waals surface area contributed by atoms with Crippen LogP contribution in [0.4, 0.5) is 0 Å². The number of methoxy groups -OCH3 is 1. The van der Waals surface area contributed by atoms with Crippen molar-refractivity contribution in [3.8, 4) is 10.7 Å². The summed E-state index contributed by atoms with van der Waals surface area (Å²) in [7, 11) is 1.58. The van der Waals surface area contributed by atoms with E-state index >= 15 is 0 Å². The second-order valence-electron chi connectivity index (χ2n) is 6.91. The van der Waals surface area contributed by atoms with Crippen molar-refractivity contribution in [3.05, 3.63) is 64.3 Å². The van der Waals surface area contributed by atoms with Crippen LogP contribution in [-0.4, -0.2) is 45.0 Å². The van der Waals surface area contributed by atoms with E-state index in [4.69, 9.17) is 21.6 Å². The van der Waals surface area contributed by atoms with Gasteiger partial charge in [0.15, 0.2) is 0 Å². The molecule has 0 aliphatic carbocycles. The maximum atomic E-state index is 13.3. The monoisotopic (exact) mass is 503 g/mol. The van der Waals surface area contributed by atoms with Crippen molar-refractivity contribution in [2.45, 2.75) is 25.1 Å². The number of fused-ring (bicyclic) bond motifs is 1. The molecule has 3 aromatic rings. The Balaban J connectivity index is 1.94. The number of hydrogen-bond acceptors (Lipinski definition) is 4. The SMILES string of the molecule is COc1ccc2c(c1)c(CC(=O)NCCC[Se]C#N)c(C)n2C(=O)c1ccc(Cl)cc1. The Morgan fingerprint density at radius 3 is 2.65 bits per heavy atom. The molecule has 8 heteroatoms. The first-order chi connectivity index (χ1) is 15.0. The quantitative estimate of drug-likeness (QED) is 0.373. The van der Waals surface area contributed by atoms with E-state index in [1.165, 1.54) is 0 Å². The fourth-order valence-corrected chi connectivity index (χ4v) is 4.36. The first-order valence-electron chi connectivity index (χ1n) is 9.72. The van der Waals surface area contributed by atoms with Gasteiger partial charge in [0.1, 0.15) is 0 Å². The van der Waals surface area contributed by atoms with Crippen molar-refractivity contribution in [2.75, 3.05) is 13.7 Å². The minimum Gasteiger partial charge on any atom is -0.0843 e. The summed E-state index contributed by atoms with van der Waals surface area (Å²) < 4.78 is 6.99. The molecule has 0 saturated heterocycles. The molecule has 3 rings (SSSR count). The van der Waals surface area contributed by atoms with Gasteiger partial charge in [-0.3, -0.25) is 0 Å². The van der Waals surface area contributed by atoms with Crippen LogP contribution in [0, 0.1) is 17.2 Å². The van der Waals surface area contributed by atoms with Crippen molar-refractivity contribution in [2.24, 2.45) is 0 Å². The number of nitrogens with one attached hydrogen (secondary N) is 1. The molecule has 0 radical (unpaired) electrons. The molecule has 6 nitrogen and oxygen atoms in total. The van der Waals surface area contributed by atoms with Crippen LogP contribution in [-0.2, 0) is 11.2 Å².